The molecule has 1 N–H and O–H groups in total. The van der Waals surface area contributed by atoms with E-state index < -0.39 is 0 Å². The van der Waals surface area contributed by atoms with Gasteiger partial charge >= 0.3 is 0 Å². The molecular formula is C15H30N2O2. The van der Waals surface area contributed by atoms with Crippen LogP contribution in [0.5, 0.6) is 0 Å². The first-order valence-electron chi connectivity index (χ1n) is 7.60. The summed E-state index contributed by atoms with van der Waals surface area (Å²) in [6.07, 6.45) is 2.00. The smallest absolute Gasteiger partial charge is 0.223 e. The van der Waals surface area contributed by atoms with Crippen LogP contribution in [0.15, 0.2) is 0 Å². The lowest BCUT2D eigenvalue weighted by atomic mass is 9.64. The molecule has 4 nitrogen and oxygen atoms in total. The molecule has 0 aromatic carbocycles. The summed E-state index contributed by atoms with van der Waals surface area (Å²) in [5, 5.41) is 3.50. The Bertz CT molecular complexity index is 288. The van der Waals surface area contributed by atoms with Crippen LogP contribution >= 0.6 is 0 Å². The maximum Gasteiger partial charge on any atom is 0.223 e. The second-order valence-electron chi connectivity index (χ2n) is 5.82. The predicted octanol–water partition coefficient (Wildman–Crippen LogP) is 2.04. The minimum absolute atomic E-state index is 0.175. The van der Waals surface area contributed by atoms with E-state index in [1.807, 2.05) is 25.7 Å². The molecule has 0 saturated heterocycles. The van der Waals surface area contributed by atoms with Crippen molar-refractivity contribution in [1.82, 2.24) is 10.2 Å². The van der Waals surface area contributed by atoms with Gasteiger partial charge in [0.2, 0.25) is 5.91 Å². The van der Waals surface area contributed by atoms with Crippen LogP contribution in [0.25, 0.3) is 0 Å². The third kappa shape index (κ3) is 3.93. The molecule has 1 rings (SSSR count). The first-order chi connectivity index (χ1) is 8.97. The fourth-order valence-electron chi connectivity index (χ4n) is 2.80. The van der Waals surface area contributed by atoms with E-state index >= 15 is 0 Å². The number of rotatable bonds is 8. The van der Waals surface area contributed by atoms with Gasteiger partial charge in [0.25, 0.3) is 0 Å². The lowest BCUT2D eigenvalue weighted by molar-refractivity contribution is -0.131. The SMILES string of the molecule is CCOC1CC(NCCC(=O)N(CC)CC)C1(C)C. The van der Waals surface area contributed by atoms with Crippen LogP contribution in [0, 0.1) is 5.41 Å². The average molecular weight is 270 g/mol. The Morgan fingerprint density at radius 3 is 2.42 bits per heavy atom. The summed E-state index contributed by atoms with van der Waals surface area (Å²) in [5.74, 6) is 0.246. The molecule has 1 saturated carbocycles. The van der Waals surface area contributed by atoms with Crippen molar-refractivity contribution in [3.05, 3.63) is 0 Å². The average Bonchev–Trinajstić information content (AvgIpc) is 2.38. The standard InChI is InChI=1S/C15H30N2O2/c1-6-17(7-2)14(18)9-10-16-12-11-13(19-8-3)15(12,4)5/h12-13,16H,6-11H2,1-5H3. The summed E-state index contributed by atoms with van der Waals surface area (Å²) in [5.41, 5.74) is 0.175. The van der Waals surface area contributed by atoms with E-state index in [9.17, 15) is 4.79 Å². The summed E-state index contributed by atoms with van der Waals surface area (Å²) in [6, 6.07) is 0.466. The maximum absolute atomic E-state index is 11.9. The van der Waals surface area contributed by atoms with Crippen molar-refractivity contribution in [2.45, 2.75) is 59.6 Å². The number of ether oxygens (including phenoxy) is 1. The maximum atomic E-state index is 11.9. The highest BCUT2D eigenvalue weighted by atomic mass is 16.5. The van der Waals surface area contributed by atoms with Gasteiger partial charge in [0.05, 0.1) is 6.10 Å². The highest BCUT2D eigenvalue weighted by molar-refractivity contribution is 5.76. The van der Waals surface area contributed by atoms with Gasteiger partial charge < -0.3 is 15.0 Å². The molecular weight excluding hydrogens is 240 g/mol. The minimum atomic E-state index is 0.175. The van der Waals surface area contributed by atoms with E-state index in [-0.39, 0.29) is 11.3 Å². The van der Waals surface area contributed by atoms with Gasteiger partial charge in [-0.25, -0.2) is 0 Å². The van der Waals surface area contributed by atoms with Crippen molar-refractivity contribution < 1.29 is 9.53 Å². The third-order valence-corrected chi connectivity index (χ3v) is 4.39. The van der Waals surface area contributed by atoms with Gasteiger partial charge in [-0.2, -0.15) is 0 Å². The van der Waals surface area contributed by atoms with Gasteiger partial charge in [-0.15, -0.1) is 0 Å². The number of hydrogen-bond acceptors (Lipinski definition) is 3. The van der Waals surface area contributed by atoms with E-state index in [0.29, 0.717) is 18.6 Å². The van der Waals surface area contributed by atoms with Gasteiger partial charge in [0, 0.05) is 44.1 Å². The number of hydrogen-bond donors (Lipinski definition) is 1. The second kappa shape index (κ2) is 7.25. The van der Waals surface area contributed by atoms with Crippen LogP contribution < -0.4 is 5.32 Å². The molecule has 19 heavy (non-hydrogen) atoms. The van der Waals surface area contributed by atoms with Crippen LogP contribution in [0.4, 0.5) is 0 Å². The van der Waals surface area contributed by atoms with Crippen LogP contribution in [0.2, 0.25) is 0 Å². The topological polar surface area (TPSA) is 41.6 Å². The van der Waals surface area contributed by atoms with E-state index in [1.54, 1.807) is 0 Å². The third-order valence-electron chi connectivity index (χ3n) is 4.39. The van der Waals surface area contributed by atoms with Gasteiger partial charge in [-0.3, -0.25) is 4.79 Å². The molecule has 4 heteroatoms. The van der Waals surface area contributed by atoms with Crippen molar-refractivity contribution in [3.63, 3.8) is 0 Å². The number of nitrogens with one attached hydrogen (secondary N) is 1. The van der Waals surface area contributed by atoms with Crippen molar-refractivity contribution in [2.75, 3.05) is 26.2 Å². The molecule has 1 fully saturated rings. The fraction of sp³-hybridized carbons (Fsp3) is 0.933. The molecule has 0 heterocycles. The lowest BCUT2D eigenvalue weighted by Gasteiger charge is -2.52. The lowest BCUT2D eigenvalue weighted by Crippen LogP contribution is -2.61. The molecule has 2 unspecified atom stereocenters. The summed E-state index contributed by atoms with van der Waals surface area (Å²) in [4.78, 5) is 13.8. The van der Waals surface area contributed by atoms with E-state index in [2.05, 4.69) is 19.2 Å². The quantitative estimate of drug-likeness (QED) is 0.734. The number of carbonyl (C=O) groups is 1. The Labute approximate surface area is 117 Å². The predicted molar refractivity (Wildman–Crippen MR) is 78.1 cm³/mol. The normalized spacial score (nSPS) is 24.9. The Morgan fingerprint density at radius 1 is 1.32 bits per heavy atom. The van der Waals surface area contributed by atoms with Crippen molar-refractivity contribution in [3.8, 4) is 0 Å². The second-order valence-corrected chi connectivity index (χ2v) is 5.82. The summed E-state index contributed by atoms with van der Waals surface area (Å²) < 4.78 is 5.71. The Balaban J connectivity index is 2.26. The molecule has 0 aromatic heterocycles. The zero-order chi connectivity index (χ0) is 14.5. The molecule has 0 bridgehead atoms. The molecule has 2 atom stereocenters. The van der Waals surface area contributed by atoms with Crippen LogP contribution in [-0.2, 0) is 9.53 Å². The highest BCUT2D eigenvalue weighted by Crippen LogP contribution is 2.42. The van der Waals surface area contributed by atoms with Gasteiger partial charge in [0.1, 0.15) is 0 Å². The first-order valence-corrected chi connectivity index (χ1v) is 7.60. The molecule has 112 valence electrons. The fourth-order valence-corrected chi connectivity index (χ4v) is 2.80. The molecule has 0 radical (unpaired) electrons. The summed E-state index contributed by atoms with van der Waals surface area (Å²) >= 11 is 0. The van der Waals surface area contributed by atoms with E-state index in [1.165, 1.54) is 0 Å². The number of amides is 1. The van der Waals surface area contributed by atoms with Crippen LogP contribution in [0.3, 0.4) is 0 Å². The van der Waals surface area contributed by atoms with Gasteiger partial charge in [-0.05, 0) is 27.2 Å². The van der Waals surface area contributed by atoms with Crippen molar-refractivity contribution >= 4 is 5.91 Å². The van der Waals surface area contributed by atoms with Crippen molar-refractivity contribution in [2.24, 2.45) is 5.41 Å². The Morgan fingerprint density at radius 2 is 1.95 bits per heavy atom. The largest absolute Gasteiger partial charge is 0.378 e. The molecule has 1 aliphatic carbocycles. The Hall–Kier alpha value is -0.610. The van der Waals surface area contributed by atoms with Crippen LogP contribution in [-0.4, -0.2) is 49.2 Å². The molecule has 1 aliphatic rings. The number of carbonyl (C=O) groups excluding carboxylic acids is 1. The first kappa shape index (κ1) is 16.4. The molecule has 0 aromatic rings. The highest BCUT2D eigenvalue weighted by Gasteiger charge is 2.48. The van der Waals surface area contributed by atoms with Gasteiger partial charge in [-0.1, -0.05) is 13.8 Å². The zero-order valence-corrected chi connectivity index (χ0v) is 13.2. The zero-order valence-electron chi connectivity index (χ0n) is 13.2. The Kier molecular flexibility index (Phi) is 6.27. The summed E-state index contributed by atoms with van der Waals surface area (Å²) in [7, 11) is 0. The van der Waals surface area contributed by atoms with E-state index in [0.717, 1.165) is 32.7 Å². The minimum Gasteiger partial charge on any atom is -0.378 e. The van der Waals surface area contributed by atoms with E-state index in [4.69, 9.17) is 4.74 Å². The summed E-state index contributed by atoms with van der Waals surface area (Å²) in [6.45, 7) is 13.7. The molecule has 0 aliphatic heterocycles. The number of nitrogens with zero attached hydrogens (tertiary/aromatic N) is 1. The molecule has 0 spiro atoms. The monoisotopic (exact) mass is 270 g/mol. The van der Waals surface area contributed by atoms with Gasteiger partial charge in [0.15, 0.2) is 0 Å². The van der Waals surface area contributed by atoms with Crippen LogP contribution in [0.1, 0.15) is 47.5 Å². The van der Waals surface area contributed by atoms with Crippen molar-refractivity contribution in [1.29, 1.82) is 0 Å². The molecule has 1 amide bonds.